The second kappa shape index (κ2) is 7.84. The Morgan fingerprint density at radius 2 is 2.38 bits per heavy atom. The van der Waals surface area contributed by atoms with Gasteiger partial charge in [0.2, 0.25) is 0 Å². The quantitative estimate of drug-likeness (QED) is 0.617. The number of carboxylic acids is 1. The van der Waals surface area contributed by atoms with Crippen LogP contribution in [0.1, 0.15) is 36.8 Å². The van der Waals surface area contributed by atoms with Gasteiger partial charge in [-0.1, -0.05) is 11.6 Å². The Morgan fingerprint density at radius 3 is 3.10 bits per heavy atom. The first-order valence-electron chi connectivity index (χ1n) is 7.41. The number of hydrogen-bond acceptors (Lipinski definition) is 3. The zero-order chi connectivity index (χ0) is 15.1. The molecule has 4 nitrogen and oxygen atoms in total. The predicted octanol–water partition coefficient (Wildman–Crippen LogP) is 3.43. The van der Waals surface area contributed by atoms with Crippen molar-refractivity contribution in [3.63, 3.8) is 0 Å². The monoisotopic (exact) mass is 290 g/mol. The highest BCUT2D eigenvalue weighted by molar-refractivity contribution is 5.85. The molecule has 4 heteroatoms. The SMILES string of the molecule is Cc1ccc(OCCCC2CCCO2)c(C=CC(=O)O)c1. The third kappa shape index (κ3) is 5.23. The molecule has 1 aromatic rings. The van der Waals surface area contributed by atoms with Gasteiger partial charge in [-0.05, 0) is 50.8 Å². The third-order valence-corrected chi connectivity index (χ3v) is 3.52. The van der Waals surface area contributed by atoms with Gasteiger partial charge in [0.25, 0.3) is 0 Å². The first-order chi connectivity index (χ1) is 10.1. The molecular weight excluding hydrogens is 268 g/mol. The van der Waals surface area contributed by atoms with Crippen molar-refractivity contribution in [1.29, 1.82) is 0 Å². The molecule has 1 aliphatic heterocycles. The molecule has 0 amide bonds. The zero-order valence-electron chi connectivity index (χ0n) is 12.4. The lowest BCUT2D eigenvalue weighted by atomic mass is 10.1. The van der Waals surface area contributed by atoms with E-state index in [0.717, 1.165) is 55.2 Å². The summed E-state index contributed by atoms with van der Waals surface area (Å²) in [5.41, 5.74) is 1.88. The summed E-state index contributed by atoms with van der Waals surface area (Å²) >= 11 is 0. The van der Waals surface area contributed by atoms with E-state index in [1.165, 1.54) is 0 Å². The minimum Gasteiger partial charge on any atom is -0.493 e. The number of aryl methyl sites for hydroxylation is 1. The van der Waals surface area contributed by atoms with E-state index >= 15 is 0 Å². The molecule has 1 N–H and O–H groups in total. The molecule has 1 heterocycles. The second-order valence-corrected chi connectivity index (χ2v) is 5.34. The highest BCUT2D eigenvalue weighted by Gasteiger charge is 2.14. The lowest BCUT2D eigenvalue weighted by molar-refractivity contribution is -0.131. The fraction of sp³-hybridized carbons (Fsp3) is 0.471. The standard InChI is InChI=1S/C17H22O4/c1-13-6-8-16(14(12-13)7-9-17(18)19)21-11-3-5-15-4-2-10-20-15/h6-9,12,15H,2-5,10-11H2,1H3,(H,18,19). The largest absolute Gasteiger partial charge is 0.493 e. The Morgan fingerprint density at radius 1 is 1.52 bits per heavy atom. The first-order valence-corrected chi connectivity index (χ1v) is 7.41. The van der Waals surface area contributed by atoms with Crippen molar-refractivity contribution < 1.29 is 19.4 Å². The molecular formula is C17H22O4. The van der Waals surface area contributed by atoms with Gasteiger partial charge in [0.1, 0.15) is 5.75 Å². The van der Waals surface area contributed by atoms with Crippen molar-refractivity contribution in [3.8, 4) is 5.75 Å². The average Bonchev–Trinajstić information content (AvgIpc) is 2.96. The number of carbonyl (C=O) groups is 1. The summed E-state index contributed by atoms with van der Waals surface area (Å²) in [7, 11) is 0. The Kier molecular flexibility index (Phi) is 5.81. The number of hydrogen-bond donors (Lipinski definition) is 1. The van der Waals surface area contributed by atoms with Gasteiger partial charge < -0.3 is 14.6 Å². The maximum absolute atomic E-state index is 10.6. The van der Waals surface area contributed by atoms with Gasteiger partial charge in [-0.15, -0.1) is 0 Å². The number of rotatable bonds is 7. The van der Waals surface area contributed by atoms with E-state index in [9.17, 15) is 4.79 Å². The lowest BCUT2D eigenvalue weighted by Crippen LogP contribution is -2.08. The number of benzene rings is 1. The van der Waals surface area contributed by atoms with Crippen LogP contribution in [0.3, 0.4) is 0 Å². The summed E-state index contributed by atoms with van der Waals surface area (Å²) in [5.74, 6) is -0.230. The van der Waals surface area contributed by atoms with Crippen LogP contribution < -0.4 is 4.74 Å². The van der Waals surface area contributed by atoms with E-state index in [1.54, 1.807) is 6.08 Å². The van der Waals surface area contributed by atoms with Gasteiger partial charge in [-0.2, -0.15) is 0 Å². The van der Waals surface area contributed by atoms with Gasteiger partial charge in [0, 0.05) is 18.2 Å². The van der Waals surface area contributed by atoms with Crippen LogP contribution in [0.4, 0.5) is 0 Å². The van der Waals surface area contributed by atoms with E-state index in [-0.39, 0.29) is 0 Å². The molecule has 114 valence electrons. The topological polar surface area (TPSA) is 55.8 Å². The van der Waals surface area contributed by atoms with E-state index < -0.39 is 5.97 Å². The van der Waals surface area contributed by atoms with Crippen molar-refractivity contribution in [1.82, 2.24) is 0 Å². The molecule has 0 saturated carbocycles. The summed E-state index contributed by atoms with van der Waals surface area (Å²) in [6.07, 6.45) is 7.37. The smallest absolute Gasteiger partial charge is 0.328 e. The summed E-state index contributed by atoms with van der Waals surface area (Å²) in [5, 5.41) is 8.73. The minimum absolute atomic E-state index is 0.387. The van der Waals surface area contributed by atoms with Gasteiger partial charge in [0.15, 0.2) is 0 Å². The Hall–Kier alpha value is -1.81. The summed E-state index contributed by atoms with van der Waals surface area (Å²) in [4.78, 5) is 10.6. The Balaban J connectivity index is 1.87. The van der Waals surface area contributed by atoms with Crippen LogP contribution in [0.2, 0.25) is 0 Å². The Bertz CT molecular complexity index is 502. The second-order valence-electron chi connectivity index (χ2n) is 5.34. The van der Waals surface area contributed by atoms with E-state index in [2.05, 4.69) is 0 Å². The molecule has 1 atom stereocenters. The van der Waals surface area contributed by atoms with Crippen LogP contribution in [-0.4, -0.2) is 30.4 Å². The molecule has 0 aromatic heterocycles. The minimum atomic E-state index is -0.958. The third-order valence-electron chi connectivity index (χ3n) is 3.52. The summed E-state index contributed by atoms with van der Waals surface area (Å²) < 4.78 is 11.4. The number of aliphatic carboxylic acids is 1. The molecule has 1 fully saturated rings. The normalized spacial score (nSPS) is 18.2. The molecule has 0 spiro atoms. The van der Waals surface area contributed by atoms with Gasteiger partial charge in [-0.25, -0.2) is 4.79 Å². The van der Waals surface area contributed by atoms with Crippen LogP contribution in [-0.2, 0) is 9.53 Å². The summed E-state index contributed by atoms with van der Waals surface area (Å²) in [6.45, 7) is 3.48. The molecule has 0 bridgehead atoms. The van der Waals surface area contributed by atoms with E-state index in [0.29, 0.717) is 12.7 Å². The average molecular weight is 290 g/mol. The molecule has 0 radical (unpaired) electrons. The molecule has 1 saturated heterocycles. The number of carboxylic acid groups (broad SMARTS) is 1. The predicted molar refractivity (Wildman–Crippen MR) is 81.6 cm³/mol. The molecule has 1 aromatic carbocycles. The molecule has 21 heavy (non-hydrogen) atoms. The van der Waals surface area contributed by atoms with Crippen LogP contribution >= 0.6 is 0 Å². The fourth-order valence-electron chi connectivity index (χ4n) is 2.46. The zero-order valence-corrected chi connectivity index (χ0v) is 12.4. The fourth-order valence-corrected chi connectivity index (χ4v) is 2.46. The van der Waals surface area contributed by atoms with Crippen molar-refractivity contribution in [2.45, 2.75) is 38.7 Å². The van der Waals surface area contributed by atoms with Gasteiger partial charge in [0.05, 0.1) is 12.7 Å². The summed E-state index contributed by atoms with van der Waals surface area (Å²) in [6, 6.07) is 5.78. The molecule has 1 aliphatic rings. The maximum Gasteiger partial charge on any atom is 0.328 e. The van der Waals surface area contributed by atoms with Crippen LogP contribution in [0.25, 0.3) is 6.08 Å². The van der Waals surface area contributed by atoms with Crippen LogP contribution in [0, 0.1) is 6.92 Å². The number of ether oxygens (including phenoxy) is 2. The molecule has 1 unspecified atom stereocenters. The van der Waals surface area contributed by atoms with Crippen LogP contribution in [0.15, 0.2) is 24.3 Å². The van der Waals surface area contributed by atoms with Crippen molar-refractivity contribution in [2.75, 3.05) is 13.2 Å². The van der Waals surface area contributed by atoms with Gasteiger partial charge >= 0.3 is 5.97 Å². The highest BCUT2D eigenvalue weighted by atomic mass is 16.5. The van der Waals surface area contributed by atoms with Crippen LogP contribution in [0.5, 0.6) is 5.75 Å². The van der Waals surface area contributed by atoms with Crippen molar-refractivity contribution >= 4 is 12.0 Å². The van der Waals surface area contributed by atoms with E-state index in [4.69, 9.17) is 14.6 Å². The Labute approximate surface area is 125 Å². The van der Waals surface area contributed by atoms with E-state index in [1.807, 2.05) is 25.1 Å². The molecule has 2 rings (SSSR count). The maximum atomic E-state index is 10.6. The lowest BCUT2D eigenvalue weighted by Gasteiger charge is -2.12. The van der Waals surface area contributed by atoms with Crippen molar-refractivity contribution in [3.05, 3.63) is 35.4 Å². The van der Waals surface area contributed by atoms with Gasteiger partial charge in [-0.3, -0.25) is 0 Å². The molecule has 0 aliphatic carbocycles. The van der Waals surface area contributed by atoms with Crippen molar-refractivity contribution in [2.24, 2.45) is 0 Å². The first kappa shape index (κ1) is 15.6. The highest BCUT2D eigenvalue weighted by Crippen LogP contribution is 2.22.